The first kappa shape index (κ1) is 21.6. The summed E-state index contributed by atoms with van der Waals surface area (Å²) in [7, 11) is 1.69. The molecule has 2 N–H and O–H groups in total. The van der Waals surface area contributed by atoms with Gasteiger partial charge in [0.2, 0.25) is 5.91 Å². The van der Waals surface area contributed by atoms with Gasteiger partial charge in [-0.1, -0.05) is 42.5 Å². The van der Waals surface area contributed by atoms with E-state index in [0.29, 0.717) is 6.42 Å². The predicted molar refractivity (Wildman–Crippen MR) is 116 cm³/mol. The Balaban J connectivity index is 0.00000261. The smallest absolute Gasteiger partial charge is 0.222 e. The number of nitrogens with one attached hydrogen (secondary N) is 2. The van der Waals surface area contributed by atoms with E-state index in [1.54, 1.807) is 7.11 Å². The first-order chi connectivity index (χ1) is 12.7. The molecule has 3 rings (SSSR count). The highest BCUT2D eigenvalue weighted by Crippen LogP contribution is 2.30. The van der Waals surface area contributed by atoms with Gasteiger partial charge in [0.05, 0.1) is 13.2 Å². The number of amides is 1. The summed E-state index contributed by atoms with van der Waals surface area (Å²) in [5.41, 5.74) is 3.27. The summed E-state index contributed by atoms with van der Waals surface area (Å²) >= 11 is 1.91. The lowest BCUT2D eigenvalue weighted by molar-refractivity contribution is -0.122. The van der Waals surface area contributed by atoms with Crippen molar-refractivity contribution >= 4 is 30.1 Å². The predicted octanol–water partition coefficient (Wildman–Crippen LogP) is 4.06. The van der Waals surface area contributed by atoms with Gasteiger partial charge in [-0.2, -0.15) is 11.8 Å². The van der Waals surface area contributed by atoms with E-state index < -0.39 is 0 Å². The maximum atomic E-state index is 12.3. The van der Waals surface area contributed by atoms with E-state index in [9.17, 15) is 4.79 Å². The van der Waals surface area contributed by atoms with E-state index in [4.69, 9.17) is 4.74 Å². The molecule has 0 spiro atoms. The molecule has 1 heterocycles. The second kappa shape index (κ2) is 10.6. The quantitative estimate of drug-likeness (QED) is 0.759. The van der Waals surface area contributed by atoms with Crippen molar-refractivity contribution in [1.29, 1.82) is 0 Å². The monoisotopic (exact) mass is 406 g/mol. The normalized spacial score (nSPS) is 17.5. The highest BCUT2D eigenvalue weighted by molar-refractivity contribution is 7.99. The fourth-order valence-corrected chi connectivity index (χ4v) is 4.14. The lowest BCUT2D eigenvalue weighted by atomic mass is 10.0. The van der Waals surface area contributed by atoms with Gasteiger partial charge < -0.3 is 15.4 Å². The molecule has 0 bridgehead atoms. The van der Waals surface area contributed by atoms with Gasteiger partial charge in [0.25, 0.3) is 0 Å². The molecule has 4 nitrogen and oxygen atoms in total. The van der Waals surface area contributed by atoms with Crippen LogP contribution in [0.4, 0.5) is 0 Å². The van der Waals surface area contributed by atoms with E-state index in [1.807, 2.05) is 43.0 Å². The zero-order valence-corrected chi connectivity index (χ0v) is 17.4. The lowest BCUT2D eigenvalue weighted by Crippen LogP contribution is -2.41. The fourth-order valence-electron chi connectivity index (χ4n) is 3.19. The largest absolute Gasteiger partial charge is 0.496 e. The van der Waals surface area contributed by atoms with Gasteiger partial charge in [-0.25, -0.2) is 0 Å². The van der Waals surface area contributed by atoms with Gasteiger partial charge in [-0.3, -0.25) is 4.79 Å². The second-order valence-electron chi connectivity index (χ2n) is 6.54. The van der Waals surface area contributed by atoms with Crippen molar-refractivity contribution < 1.29 is 9.53 Å². The van der Waals surface area contributed by atoms with Gasteiger partial charge in [0.1, 0.15) is 5.75 Å². The molecule has 0 aromatic heterocycles. The van der Waals surface area contributed by atoms with Crippen LogP contribution in [0.15, 0.2) is 48.5 Å². The van der Waals surface area contributed by atoms with Crippen molar-refractivity contribution in [3.05, 3.63) is 54.1 Å². The molecule has 1 amide bonds. The van der Waals surface area contributed by atoms with Gasteiger partial charge in [-0.15, -0.1) is 12.4 Å². The minimum Gasteiger partial charge on any atom is -0.496 e. The minimum absolute atomic E-state index is 0. The number of hydrogen-bond donors (Lipinski definition) is 2. The average Bonchev–Trinajstić information content (AvgIpc) is 2.68. The molecular formula is C21H27ClN2O2S. The van der Waals surface area contributed by atoms with Crippen LogP contribution in [0.5, 0.6) is 5.75 Å². The number of thioether (sulfide) groups is 1. The van der Waals surface area contributed by atoms with E-state index in [-0.39, 0.29) is 30.4 Å². The van der Waals surface area contributed by atoms with Gasteiger partial charge in [-0.05, 0) is 24.1 Å². The Bertz CT molecular complexity index is 733. The molecule has 2 aromatic rings. The molecule has 2 aromatic carbocycles. The molecule has 0 aliphatic carbocycles. The SMILES string of the molecule is COc1ccccc1-c1ccc(C(C)NC(=O)CC2CSCCN2)cc1.Cl. The zero-order chi connectivity index (χ0) is 18.4. The third-order valence-electron chi connectivity index (χ3n) is 4.64. The van der Waals surface area contributed by atoms with Crippen LogP contribution in [0.2, 0.25) is 0 Å². The maximum absolute atomic E-state index is 12.3. The first-order valence-electron chi connectivity index (χ1n) is 9.01. The standard InChI is InChI=1S/C21H26N2O2S.ClH/c1-15(23-21(24)13-18-14-26-12-11-22-18)16-7-9-17(10-8-16)19-5-3-4-6-20(19)25-2;/h3-10,15,18,22H,11-14H2,1-2H3,(H,23,24);1H. The summed E-state index contributed by atoms with van der Waals surface area (Å²) in [6.07, 6.45) is 0.538. The van der Waals surface area contributed by atoms with Crippen molar-refractivity contribution in [3.8, 4) is 16.9 Å². The highest BCUT2D eigenvalue weighted by Gasteiger charge is 2.18. The molecule has 1 aliphatic heterocycles. The van der Waals surface area contributed by atoms with Crippen molar-refractivity contribution in [1.82, 2.24) is 10.6 Å². The van der Waals surface area contributed by atoms with Gasteiger partial charge in [0.15, 0.2) is 0 Å². The molecule has 1 saturated heterocycles. The molecule has 1 fully saturated rings. The molecule has 146 valence electrons. The number of para-hydroxylation sites is 1. The van der Waals surface area contributed by atoms with Crippen LogP contribution < -0.4 is 15.4 Å². The second-order valence-corrected chi connectivity index (χ2v) is 7.69. The van der Waals surface area contributed by atoms with Gasteiger partial charge >= 0.3 is 0 Å². The minimum atomic E-state index is -0.00883. The van der Waals surface area contributed by atoms with E-state index in [1.165, 1.54) is 0 Å². The number of carbonyl (C=O) groups is 1. The van der Waals surface area contributed by atoms with Crippen LogP contribution in [0, 0.1) is 0 Å². The van der Waals surface area contributed by atoms with Crippen molar-refractivity contribution in [2.24, 2.45) is 0 Å². The summed E-state index contributed by atoms with van der Waals surface area (Å²) in [6, 6.07) is 16.6. The zero-order valence-electron chi connectivity index (χ0n) is 15.7. The van der Waals surface area contributed by atoms with Crippen LogP contribution in [0.3, 0.4) is 0 Å². The number of hydrogen-bond acceptors (Lipinski definition) is 4. The number of benzene rings is 2. The first-order valence-corrected chi connectivity index (χ1v) is 10.2. The molecule has 6 heteroatoms. The molecule has 2 unspecified atom stereocenters. The molecular weight excluding hydrogens is 380 g/mol. The van der Waals surface area contributed by atoms with Crippen LogP contribution in [0.1, 0.15) is 24.9 Å². The Morgan fingerprint density at radius 2 is 2.00 bits per heavy atom. The van der Waals surface area contributed by atoms with Crippen molar-refractivity contribution in [2.75, 3.05) is 25.2 Å². The van der Waals surface area contributed by atoms with Crippen LogP contribution in [0.25, 0.3) is 11.1 Å². The summed E-state index contributed by atoms with van der Waals surface area (Å²) in [5, 5.41) is 6.52. The number of halogens is 1. The number of methoxy groups -OCH3 is 1. The Morgan fingerprint density at radius 1 is 1.26 bits per heavy atom. The molecule has 0 saturated carbocycles. The summed E-state index contributed by atoms with van der Waals surface area (Å²) in [4.78, 5) is 12.3. The number of carbonyl (C=O) groups excluding carboxylic acids is 1. The third-order valence-corrected chi connectivity index (χ3v) is 5.77. The van der Waals surface area contributed by atoms with E-state index in [0.717, 1.165) is 40.5 Å². The summed E-state index contributed by atoms with van der Waals surface area (Å²) in [5.74, 6) is 3.11. The molecule has 27 heavy (non-hydrogen) atoms. The van der Waals surface area contributed by atoms with E-state index in [2.05, 4.69) is 34.9 Å². The lowest BCUT2D eigenvalue weighted by Gasteiger charge is -2.23. The molecule has 0 radical (unpaired) electrons. The van der Waals surface area contributed by atoms with E-state index >= 15 is 0 Å². The van der Waals surface area contributed by atoms with Crippen LogP contribution in [-0.2, 0) is 4.79 Å². The van der Waals surface area contributed by atoms with Crippen molar-refractivity contribution in [3.63, 3.8) is 0 Å². The topological polar surface area (TPSA) is 50.4 Å². The van der Waals surface area contributed by atoms with Crippen LogP contribution in [-0.4, -0.2) is 37.1 Å². The third kappa shape index (κ3) is 5.89. The Labute approximate surface area is 171 Å². The van der Waals surface area contributed by atoms with Gasteiger partial charge in [0, 0.05) is 36.1 Å². The number of ether oxygens (including phenoxy) is 1. The summed E-state index contributed by atoms with van der Waals surface area (Å²) < 4.78 is 5.44. The average molecular weight is 407 g/mol. The molecule has 1 aliphatic rings. The van der Waals surface area contributed by atoms with Crippen LogP contribution >= 0.6 is 24.2 Å². The maximum Gasteiger partial charge on any atom is 0.222 e. The Kier molecular flexibility index (Phi) is 8.48. The Morgan fingerprint density at radius 3 is 2.67 bits per heavy atom. The highest BCUT2D eigenvalue weighted by atomic mass is 35.5. The molecule has 2 atom stereocenters. The number of rotatable bonds is 6. The Hall–Kier alpha value is -1.69. The summed E-state index contributed by atoms with van der Waals surface area (Å²) in [6.45, 7) is 3.02. The van der Waals surface area contributed by atoms with Crippen molar-refractivity contribution in [2.45, 2.75) is 25.4 Å². The fraction of sp³-hybridized carbons (Fsp3) is 0.381.